The molecule has 0 aliphatic carbocycles. The molecule has 0 aliphatic rings. The van der Waals surface area contributed by atoms with Gasteiger partial charge in [0.2, 0.25) is 5.88 Å². The summed E-state index contributed by atoms with van der Waals surface area (Å²) in [5, 5.41) is 0. The quantitative estimate of drug-likeness (QED) is 0.737. The number of hydrogen-bond acceptors (Lipinski definition) is 5. The van der Waals surface area contributed by atoms with E-state index in [-0.39, 0.29) is 12.5 Å². The summed E-state index contributed by atoms with van der Waals surface area (Å²) in [6, 6.07) is 3.74. The van der Waals surface area contributed by atoms with Crippen LogP contribution < -0.4 is 10.5 Å². The summed E-state index contributed by atoms with van der Waals surface area (Å²) >= 11 is 0. The monoisotopic (exact) mass is 280 g/mol. The molecule has 0 bridgehead atoms. The van der Waals surface area contributed by atoms with Gasteiger partial charge in [0.25, 0.3) is 0 Å². The Labute approximate surface area is 120 Å². The second-order valence-electron chi connectivity index (χ2n) is 4.80. The highest BCUT2D eigenvalue weighted by Gasteiger charge is 2.38. The smallest absolute Gasteiger partial charge is 0.313 e. The molecule has 1 aromatic rings. The SMILES string of the molecule is CCCC(CN)(Cc1cccnc1OC)C(=O)OCC. The van der Waals surface area contributed by atoms with Crippen LogP contribution in [0.1, 0.15) is 32.3 Å². The predicted molar refractivity (Wildman–Crippen MR) is 77.5 cm³/mol. The highest BCUT2D eigenvalue weighted by Crippen LogP contribution is 2.32. The van der Waals surface area contributed by atoms with Crippen LogP contribution in [0.4, 0.5) is 0 Å². The minimum Gasteiger partial charge on any atom is -0.481 e. The van der Waals surface area contributed by atoms with Gasteiger partial charge in [-0.3, -0.25) is 4.79 Å². The molecule has 5 heteroatoms. The molecule has 0 fully saturated rings. The van der Waals surface area contributed by atoms with Crippen molar-refractivity contribution in [1.82, 2.24) is 4.98 Å². The molecule has 0 amide bonds. The fourth-order valence-electron chi connectivity index (χ4n) is 2.39. The Bertz CT molecular complexity index is 437. The first-order valence-corrected chi connectivity index (χ1v) is 6.98. The third-order valence-electron chi connectivity index (χ3n) is 3.40. The molecule has 1 heterocycles. The number of aromatic nitrogens is 1. The maximum atomic E-state index is 12.3. The van der Waals surface area contributed by atoms with E-state index < -0.39 is 5.41 Å². The second-order valence-corrected chi connectivity index (χ2v) is 4.80. The number of rotatable bonds is 8. The Balaban J connectivity index is 3.08. The van der Waals surface area contributed by atoms with E-state index in [9.17, 15) is 4.79 Å². The molecule has 2 N–H and O–H groups in total. The Morgan fingerprint density at radius 2 is 2.20 bits per heavy atom. The van der Waals surface area contributed by atoms with Crippen LogP contribution in [0, 0.1) is 5.41 Å². The molecule has 0 aliphatic heterocycles. The third-order valence-corrected chi connectivity index (χ3v) is 3.40. The second kappa shape index (κ2) is 7.85. The molecule has 0 radical (unpaired) electrons. The number of pyridine rings is 1. The fraction of sp³-hybridized carbons (Fsp3) is 0.600. The molecule has 1 aromatic heterocycles. The lowest BCUT2D eigenvalue weighted by Gasteiger charge is -2.30. The summed E-state index contributed by atoms with van der Waals surface area (Å²) in [7, 11) is 1.57. The Hall–Kier alpha value is -1.62. The minimum absolute atomic E-state index is 0.241. The highest BCUT2D eigenvalue weighted by molar-refractivity contribution is 5.77. The maximum Gasteiger partial charge on any atom is 0.313 e. The molecule has 0 spiro atoms. The Morgan fingerprint density at radius 3 is 2.75 bits per heavy atom. The van der Waals surface area contributed by atoms with Crippen molar-refractivity contribution in [2.45, 2.75) is 33.1 Å². The largest absolute Gasteiger partial charge is 0.481 e. The van der Waals surface area contributed by atoms with Crippen LogP contribution in [0.5, 0.6) is 5.88 Å². The summed E-state index contributed by atoms with van der Waals surface area (Å²) in [5.41, 5.74) is 6.07. The molecule has 112 valence electrons. The van der Waals surface area contributed by atoms with Crippen molar-refractivity contribution in [3.8, 4) is 5.88 Å². The van der Waals surface area contributed by atoms with Crippen molar-refractivity contribution in [2.75, 3.05) is 20.3 Å². The van der Waals surface area contributed by atoms with Crippen LogP contribution in [-0.2, 0) is 16.0 Å². The Kier molecular flexibility index (Phi) is 6.45. The minimum atomic E-state index is -0.707. The van der Waals surface area contributed by atoms with Crippen molar-refractivity contribution in [2.24, 2.45) is 11.1 Å². The first-order valence-electron chi connectivity index (χ1n) is 6.98. The molecule has 0 saturated carbocycles. The molecule has 5 nitrogen and oxygen atoms in total. The van der Waals surface area contributed by atoms with E-state index in [0.717, 1.165) is 12.0 Å². The number of hydrogen-bond donors (Lipinski definition) is 1. The van der Waals surface area contributed by atoms with Gasteiger partial charge in [-0.1, -0.05) is 19.4 Å². The van der Waals surface area contributed by atoms with Gasteiger partial charge < -0.3 is 15.2 Å². The number of carbonyl (C=O) groups excluding carboxylic acids is 1. The zero-order valence-corrected chi connectivity index (χ0v) is 12.5. The Morgan fingerprint density at radius 1 is 1.45 bits per heavy atom. The van der Waals surface area contributed by atoms with E-state index in [1.54, 1.807) is 20.2 Å². The lowest BCUT2D eigenvalue weighted by Crippen LogP contribution is -2.42. The summed E-state index contributed by atoms with van der Waals surface area (Å²) in [5.74, 6) is 0.293. The molecule has 0 aromatic carbocycles. The standard InChI is InChI=1S/C15H24N2O3/c1-4-8-15(11-16,14(18)20-5-2)10-12-7-6-9-17-13(12)19-3/h6-7,9H,4-5,8,10-11,16H2,1-3H3. The van der Waals surface area contributed by atoms with Crippen molar-refractivity contribution < 1.29 is 14.3 Å². The zero-order valence-electron chi connectivity index (χ0n) is 12.5. The molecule has 1 rings (SSSR count). The molecule has 0 saturated heterocycles. The van der Waals surface area contributed by atoms with Crippen molar-refractivity contribution >= 4 is 5.97 Å². The molecule has 1 atom stereocenters. The van der Waals surface area contributed by atoms with Crippen molar-refractivity contribution in [3.63, 3.8) is 0 Å². The number of carbonyl (C=O) groups is 1. The summed E-state index contributed by atoms with van der Waals surface area (Å²) < 4.78 is 10.5. The molecular formula is C15H24N2O3. The number of ether oxygens (including phenoxy) is 2. The van der Waals surface area contributed by atoms with Gasteiger partial charge in [0.1, 0.15) is 0 Å². The third kappa shape index (κ3) is 3.70. The van der Waals surface area contributed by atoms with Gasteiger partial charge in [-0.25, -0.2) is 4.98 Å². The van der Waals surface area contributed by atoms with Gasteiger partial charge in [-0.15, -0.1) is 0 Å². The van der Waals surface area contributed by atoms with Crippen LogP contribution >= 0.6 is 0 Å². The first-order chi connectivity index (χ1) is 9.63. The zero-order chi connectivity index (χ0) is 15.0. The van der Waals surface area contributed by atoms with E-state index in [4.69, 9.17) is 15.2 Å². The lowest BCUT2D eigenvalue weighted by atomic mass is 9.78. The molecule has 20 heavy (non-hydrogen) atoms. The average Bonchev–Trinajstić information content (AvgIpc) is 2.47. The molecule has 1 unspecified atom stereocenters. The van der Waals surface area contributed by atoms with E-state index in [0.29, 0.717) is 25.3 Å². The van der Waals surface area contributed by atoms with Crippen LogP contribution in [0.2, 0.25) is 0 Å². The van der Waals surface area contributed by atoms with Gasteiger partial charge in [0.15, 0.2) is 0 Å². The summed E-state index contributed by atoms with van der Waals surface area (Å²) in [6.07, 6.45) is 3.68. The van der Waals surface area contributed by atoms with Gasteiger partial charge in [0, 0.05) is 18.3 Å². The number of methoxy groups -OCH3 is 1. The van der Waals surface area contributed by atoms with Crippen molar-refractivity contribution in [3.05, 3.63) is 23.9 Å². The van der Waals surface area contributed by atoms with Gasteiger partial charge in [-0.2, -0.15) is 0 Å². The van der Waals surface area contributed by atoms with Crippen LogP contribution in [-0.4, -0.2) is 31.2 Å². The van der Waals surface area contributed by atoms with E-state index in [1.165, 1.54) is 0 Å². The van der Waals surface area contributed by atoms with Crippen molar-refractivity contribution in [1.29, 1.82) is 0 Å². The van der Waals surface area contributed by atoms with Crippen LogP contribution in [0.15, 0.2) is 18.3 Å². The highest BCUT2D eigenvalue weighted by atomic mass is 16.5. The van der Waals surface area contributed by atoms with E-state index >= 15 is 0 Å². The van der Waals surface area contributed by atoms with E-state index in [1.807, 2.05) is 19.1 Å². The predicted octanol–water partition coefficient (Wildman–Crippen LogP) is 1.94. The van der Waals surface area contributed by atoms with Crippen LogP contribution in [0.25, 0.3) is 0 Å². The molecular weight excluding hydrogens is 256 g/mol. The number of nitrogens with zero attached hydrogens (tertiary/aromatic N) is 1. The number of nitrogens with two attached hydrogens (primary N) is 1. The van der Waals surface area contributed by atoms with Gasteiger partial charge in [-0.05, 0) is 25.8 Å². The van der Waals surface area contributed by atoms with Gasteiger partial charge in [0.05, 0.1) is 19.1 Å². The van der Waals surface area contributed by atoms with E-state index in [2.05, 4.69) is 4.98 Å². The summed E-state index contributed by atoms with van der Waals surface area (Å²) in [4.78, 5) is 16.5. The normalized spacial score (nSPS) is 13.6. The fourth-order valence-corrected chi connectivity index (χ4v) is 2.39. The average molecular weight is 280 g/mol. The first kappa shape index (κ1) is 16.4. The van der Waals surface area contributed by atoms with Crippen LogP contribution in [0.3, 0.4) is 0 Å². The summed E-state index contributed by atoms with van der Waals surface area (Å²) in [6.45, 7) is 4.44. The topological polar surface area (TPSA) is 74.4 Å². The number of esters is 1. The lowest BCUT2D eigenvalue weighted by molar-refractivity contribution is -0.155. The maximum absolute atomic E-state index is 12.3. The van der Waals surface area contributed by atoms with Gasteiger partial charge >= 0.3 is 5.97 Å².